The molecule has 0 radical (unpaired) electrons. The number of aliphatic imine (C=N–C) groups is 1. The van der Waals surface area contributed by atoms with Crippen molar-refractivity contribution in [3.05, 3.63) is 0 Å². The molecular weight excluding hydrogens is 311 g/mol. The molecule has 22 heavy (non-hydrogen) atoms. The second kappa shape index (κ2) is 5.14. The number of hydrogen-bond acceptors (Lipinski definition) is 3. The Kier molecular flexibility index (Phi) is 3.47. The van der Waals surface area contributed by atoms with E-state index in [2.05, 4.69) is 15.5 Å². The molecule has 4 saturated carbocycles. The molecule has 0 aromatic rings. The van der Waals surface area contributed by atoms with Gasteiger partial charge >= 0.3 is 6.18 Å². The monoisotopic (exact) mass is 331 g/mol. The van der Waals surface area contributed by atoms with Gasteiger partial charge in [-0.25, -0.2) is 0 Å². The van der Waals surface area contributed by atoms with Crippen LogP contribution in [0, 0.1) is 23.2 Å². The highest BCUT2D eigenvalue weighted by atomic mass is 32.2. The van der Waals surface area contributed by atoms with E-state index in [4.69, 9.17) is 0 Å². The highest BCUT2D eigenvalue weighted by Crippen LogP contribution is 2.60. The molecule has 0 saturated heterocycles. The summed E-state index contributed by atoms with van der Waals surface area (Å²) in [5.74, 6) is 3.23. The summed E-state index contributed by atoms with van der Waals surface area (Å²) < 4.78 is 36.6. The molecular formula is C15H20F3N3S. The first-order valence-corrected chi connectivity index (χ1v) is 8.97. The van der Waals surface area contributed by atoms with E-state index in [0.717, 1.165) is 17.8 Å². The lowest BCUT2D eigenvalue weighted by molar-refractivity contribution is -0.118. The predicted octanol–water partition coefficient (Wildman–Crippen LogP) is 3.81. The Morgan fingerprint density at radius 2 is 1.73 bits per heavy atom. The summed E-state index contributed by atoms with van der Waals surface area (Å²) in [6.45, 7) is -1.13. The van der Waals surface area contributed by atoms with Crippen molar-refractivity contribution in [2.75, 3.05) is 12.3 Å². The predicted molar refractivity (Wildman–Crippen MR) is 82.0 cm³/mol. The first kappa shape index (κ1) is 14.8. The Bertz CT molecular complexity index is 491. The fraction of sp³-hybridized carbons (Fsp3) is 0.867. The molecule has 3 nitrogen and oxygen atoms in total. The molecule has 0 aromatic carbocycles. The number of thioether (sulfide) groups is 1. The van der Waals surface area contributed by atoms with Crippen LogP contribution >= 0.6 is 11.8 Å². The Morgan fingerprint density at radius 3 is 2.18 bits per heavy atom. The van der Waals surface area contributed by atoms with E-state index in [0.29, 0.717) is 10.9 Å². The van der Waals surface area contributed by atoms with Crippen LogP contribution in [0.2, 0.25) is 0 Å². The molecule has 0 aromatic heterocycles. The molecule has 0 unspecified atom stereocenters. The molecule has 4 bridgehead atoms. The van der Waals surface area contributed by atoms with Crippen LogP contribution in [-0.2, 0) is 0 Å². The summed E-state index contributed by atoms with van der Waals surface area (Å²) in [6.07, 6.45) is 3.58. The maximum absolute atomic E-state index is 12.2. The van der Waals surface area contributed by atoms with Crippen molar-refractivity contribution in [1.82, 2.24) is 5.43 Å². The Hall–Kier alpha value is -0.720. The molecule has 122 valence electrons. The van der Waals surface area contributed by atoms with E-state index in [-0.39, 0.29) is 5.41 Å². The fourth-order valence-electron chi connectivity index (χ4n) is 5.29. The third-order valence-corrected chi connectivity index (χ3v) is 6.60. The lowest BCUT2D eigenvalue weighted by atomic mass is 9.48. The Morgan fingerprint density at radius 1 is 1.14 bits per heavy atom. The highest BCUT2D eigenvalue weighted by molar-refractivity contribution is 8.14. The van der Waals surface area contributed by atoms with E-state index < -0.39 is 12.7 Å². The number of hydrazone groups is 1. The second-order valence-electron chi connectivity index (χ2n) is 7.39. The zero-order valence-electron chi connectivity index (χ0n) is 12.3. The minimum Gasteiger partial charge on any atom is -0.256 e. The van der Waals surface area contributed by atoms with Crippen LogP contribution in [-0.4, -0.2) is 29.4 Å². The lowest BCUT2D eigenvalue weighted by Crippen LogP contribution is -2.52. The number of amidine groups is 1. The standard InChI is InChI=1S/C15H20F3N3S/c16-15(17,18)8-19-13-21-20-12(7-22-13)14-4-9-1-10(5-14)3-11(2-9)6-14/h9-11H,1-8H2,(H,19,21). The first-order valence-electron chi connectivity index (χ1n) is 7.99. The van der Waals surface area contributed by atoms with E-state index in [1.165, 1.54) is 56.0 Å². The highest BCUT2D eigenvalue weighted by Gasteiger charge is 2.53. The van der Waals surface area contributed by atoms with Crippen molar-refractivity contribution in [3.63, 3.8) is 0 Å². The molecule has 1 N–H and O–H groups in total. The second-order valence-corrected chi connectivity index (χ2v) is 8.36. The van der Waals surface area contributed by atoms with Crippen molar-refractivity contribution in [1.29, 1.82) is 0 Å². The zero-order chi connectivity index (χ0) is 15.4. The summed E-state index contributed by atoms with van der Waals surface area (Å²) in [5, 5.41) is 4.75. The largest absolute Gasteiger partial charge is 0.408 e. The molecule has 1 aliphatic heterocycles. The number of nitrogens with zero attached hydrogens (tertiary/aromatic N) is 2. The smallest absolute Gasteiger partial charge is 0.256 e. The van der Waals surface area contributed by atoms with Crippen LogP contribution < -0.4 is 5.43 Å². The van der Waals surface area contributed by atoms with Crippen LogP contribution in [0.4, 0.5) is 13.2 Å². The molecule has 0 amide bonds. The summed E-state index contributed by atoms with van der Waals surface area (Å²) >= 11 is 1.37. The van der Waals surface area contributed by atoms with Gasteiger partial charge in [0.1, 0.15) is 6.54 Å². The van der Waals surface area contributed by atoms with E-state index >= 15 is 0 Å². The summed E-state index contributed by atoms with van der Waals surface area (Å²) in [7, 11) is 0. The topological polar surface area (TPSA) is 36.8 Å². The third-order valence-electron chi connectivity index (χ3n) is 5.68. The summed E-state index contributed by atoms with van der Waals surface area (Å²) in [6, 6.07) is 0. The van der Waals surface area contributed by atoms with Gasteiger partial charge in [-0.05, 0) is 56.3 Å². The van der Waals surface area contributed by atoms with Crippen molar-refractivity contribution in [2.24, 2.45) is 33.3 Å². The molecule has 4 aliphatic carbocycles. The lowest BCUT2D eigenvalue weighted by Gasteiger charge is -2.57. The molecule has 0 spiro atoms. The average molecular weight is 331 g/mol. The number of hydrogen-bond donors (Lipinski definition) is 1. The minimum atomic E-state index is -4.25. The van der Waals surface area contributed by atoms with E-state index in [1.54, 1.807) is 0 Å². The van der Waals surface area contributed by atoms with Crippen molar-refractivity contribution >= 4 is 22.6 Å². The van der Waals surface area contributed by atoms with Gasteiger partial charge in [-0.15, -0.1) is 0 Å². The quantitative estimate of drug-likeness (QED) is 0.835. The fourth-order valence-corrected chi connectivity index (χ4v) is 6.20. The molecule has 5 rings (SSSR count). The molecule has 7 heteroatoms. The van der Waals surface area contributed by atoms with Crippen molar-refractivity contribution in [3.8, 4) is 0 Å². The maximum Gasteiger partial charge on any atom is 0.408 e. The zero-order valence-corrected chi connectivity index (χ0v) is 13.1. The SMILES string of the molecule is FC(F)(F)CN=C1NN=C(C23CC4CC(CC(C4)C2)C3)CS1. The van der Waals surface area contributed by atoms with Crippen molar-refractivity contribution in [2.45, 2.75) is 44.7 Å². The van der Waals surface area contributed by atoms with Gasteiger partial charge < -0.3 is 0 Å². The van der Waals surface area contributed by atoms with E-state index in [1.807, 2.05) is 0 Å². The minimum absolute atomic E-state index is 0.226. The molecule has 4 fully saturated rings. The van der Waals surface area contributed by atoms with Crippen LogP contribution in [0.1, 0.15) is 38.5 Å². The molecule has 1 heterocycles. The van der Waals surface area contributed by atoms with Gasteiger partial charge in [0, 0.05) is 11.2 Å². The van der Waals surface area contributed by atoms with Gasteiger partial charge in [-0.1, -0.05) is 11.8 Å². The van der Waals surface area contributed by atoms with Gasteiger partial charge in [0.25, 0.3) is 0 Å². The Balaban J connectivity index is 1.47. The third kappa shape index (κ3) is 2.76. The first-order chi connectivity index (χ1) is 10.4. The van der Waals surface area contributed by atoms with Gasteiger partial charge in [0.2, 0.25) is 0 Å². The van der Waals surface area contributed by atoms with Gasteiger partial charge in [-0.2, -0.15) is 18.3 Å². The van der Waals surface area contributed by atoms with Crippen LogP contribution in [0.3, 0.4) is 0 Å². The van der Waals surface area contributed by atoms with Crippen LogP contribution in [0.5, 0.6) is 0 Å². The van der Waals surface area contributed by atoms with E-state index in [9.17, 15) is 13.2 Å². The number of nitrogens with one attached hydrogen (secondary N) is 1. The van der Waals surface area contributed by atoms with Crippen molar-refractivity contribution < 1.29 is 13.2 Å². The summed E-state index contributed by atoms with van der Waals surface area (Å²) in [5.41, 5.74) is 4.16. The summed E-state index contributed by atoms with van der Waals surface area (Å²) in [4.78, 5) is 3.57. The Labute approximate surface area is 132 Å². The number of halogens is 3. The maximum atomic E-state index is 12.2. The average Bonchev–Trinajstić information content (AvgIpc) is 2.43. The van der Waals surface area contributed by atoms with Crippen LogP contribution in [0.25, 0.3) is 0 Å². The normalized spacial score (nSPS) is 42.4. The van der Waals surface area contributed by atoms with Gasteiger partial charge in [-0.3, -0.25) is 10.4 Å². The molecule has 5 aliphatic rings. The van der Waals surface area contributed by atoms with Gasteiger partial charge in [0.05, 0.1) is 5.71 Å². The van der Waals surface area contributed by atoms with Crippen LogP contribution in [0.15, 0.2) is 10.1 Å². The number of alkyl halides is 3. The van der Waals surface area contributed by atoms with Gasteiger partial charge in [0.15, 0.2) is 5.17 Å². The number of rotatable bonds is 2. The molecule has 0 atom stereocenters.